The first kappa shape index (κ1) is 21.0. The Morgan fingerprint density at radius 3 is 2.58 bits per heavy atom. The fourth-order valence-corrected chi connectivity index (χ4v) is 4.05. The molecule has 162 valence electrons. The molecule has 0 radical (unpaired) electrons. The maximum Gasteiger partial charge on any atom is 0.375 e. The van der Waals surface area contributed by atoms with Crippen LogP contribution >= 0.6 is 0 Å². The first-order valence-electron chi connectivity index (χ1n) is 10.8. The molecule has 0 saturated heterocycles. The summed E-state index contributed by atoms with van der Waals surface area (Å²) in [5.74, 6) is 0.231. The number of furan rings is 1. The Bertz CT molecular complexity index is 1040. The van der Waals surface area contributed by atoms with E-state index in [-0.39, 0.29) is 30.9 Å². The van der Waals surface area contributed by atoms with Crippen LogP contribution in [0.3, 0.4) is 0 Å². The summed E-state index contributed by atoms with van der Waals surface area (Å²) in [4.78, 5) is 25.1. The molecule has 1 aromatic heterocycles. The molecule has 31 heavy (non-hydrogen) atoms. The number of hydrogen-bond donors (Lipinski definition) is 1. The van der Waals surface area contributed by atoms with Crippen molar-refractivity contribution in [3.63, 3.8) is 0 Å². The Morgan fingerprint density at radius 1 is 1.03 bits per heavy atom. The second-order valence-electron chi connectivity index (χ2n) is 8.02. The van der Waals surface area contributed by atoms with Gasteiger partial charge in [-0.15, -0.1) is 0 Å². The highest BCUT2D eigenvalue weighted by Crippen LogP contribution is 2.28. The Kier molecular flexibility index (Phi) is 6.55. The van der Waals surface area contributed by atoms with Crippen LogP contribution in [0.1, 0.15) is 48.7 Å². The fraction of sp³-hybridized carbons (Fsp3) is 0.360. The summed E-state index contributed by atoms with van der Waals surface area (Å²) in [6.07, 6.45) is 4.38. The van der Waals surface area contributed by atoms with Crippen molar-refractivity contribution < 1.29 is 23.5 Å². The number of amides is 1. The van der Waals surface area contributed by atoms with Gasteiger partial charge in [0.25, 0.3) is 5.91 Å². The molecular weight excluding hydrogens is 394 g/mol. The Hall–Kier alpha value is -3.28. The van der Waals surface area contributed by atoms with E-state index in [2.05, 4.69) is 12.2 Å². The predicted octanol–water partition coefficient (Wildman–Crippen LogP) is 4.86. The van der Waals surface area contributed by atoms with Crippen molar-refractivity contribution in [1.29, 1.82) is 0 Å². The number of para-hydroxylation sites is 2. The summed E-state index contributed by atoms with van der Waals surface area (Å²) < 4.78 is 16.9. The van der Waals surface area contributed by atoms with Gasteiger partial charge >= 0.3 is 5.97 Å². The molecule has 1 aliphatic carbocycles. The molecule has 0 spiro atoms. The molecule has 2 aromatic carbocycles. The summed E-state index contributed by atoms with van der Waals surface area (Å²) in [6.45, 7) is 1.96. The van der Waals surface area contributed by atoms with Gasteiger partial charge in [0.1, 0.15) is 17.9 Å². The van der Waals surface area contributed by atoms with Gasteiger partial charge in [-0.05, 0) is 37.0 Å². The van der Waals surface area contributed by atoms with Gasteiger partial charge in [0.15, 0.2) is 6.61 Å². The van der Waals surface area contributed by atoms with E-state index in [1.807, 2.05) is 48.5 Å². The number of rotatable bonds is 7. The fourth-order valence-electron chi connectivity index (χ4n) is 4.05. The third kappa shape index (κ3) is 5.08. The van der Waals surface area contributed by atoms with Crippen LogP contribution in [0.25, 0.3) is 11.0 Å². The van der Waals surface area contributed by atoms with Crippen molar-refractivity contribution >= 4 is 22.8 Å². The standard InChI is InChI=1S/C25H27NO5/c1-17-9-5-7-13-21(17)26-23(27)16-30-25(28)24-20(15-29-18-10-3-2-4-11-18)19-12-6-8-14-22(19)31-24/h2-4,6,8,10-12,14,17,21H,5,7,9,13,15-16H2,1H3,(H,26,27)/t17-,21+/m1/s1. The monoisotopic (exact) mass is 421 g/mol. The maximum atomic E-state index is 12.8. The number of fused-ring (bicyclic) bond motifs is 1. The van der Waals surface area contributed by atoms with Crippen LogP contribution in [0.4, 0.5) is 0 Å². The Morgan fingerprint density at radius 2 is 1.77 bits per heavy atom. The van der Waals surface area contributed by atoms with E-state index in [0.29, 0.717) is 22.8 Å². The molecule has 6 heteroatoms. The maximum absolute atomic E-state index is 12.8. The van der Waals surface area contributed by atoms with Crippen LogP contribution < -0.4 is 10.1 Å². The molecule has 0 bridgehead atoms. The number of hydrogen-bond acceptors (Lipinski definition) is 5. The van der Waals surface area contributed by atoms with Gasteiger partial charge in [-0.25, -0.2) is 4.79 Å². The number of esters is 1. The zero-order chi connectivity index (χ0) is 21.6. The summed E-state index contributed by atoms with van der Waals surface area (Å²) in [7, 11) is 0. The van der Waals surface area contributed by atoms with Gasteiger partial charge in [0, 0.05) is 11.4 Å². The van der Waals surface area contributed by atoms with Gasteiger partial charge in [-0.1, -0.05) is 56.2 Å². The highest BCUT2D eigenvalue weighted by atomic mass is 16.5. The van der Waals surface area contributed by atoms with E-state index in [0.717, 1.165) is 24.6 Å². The first-order chi connectivity index (χ1) is 15.1. The van der Waals surface area contributed by atoms with E-state index in [4.69, 9.17) is 13.9 Å². The average molecular weight is 421 g/mol. The topological polar surface area (TPSA) is 77.8 Å². The summed E-state index contributed by atoms with van der Waals surface area (Å²) in [6, 6.07) is 16.9. The minimum absolute atomic E-state index is 0.0657. The lowest BCUT2D eigenvalue weighted by molar-refractivity contribution is -0.125. The van der Waals surface area contributed by atoms with Gasteiger partial charge < -0.3 is 19.2 Å². The number of ether oxygens (including phenoxy) is 2. The third-order valence-corrected chi connectivity index (χ3v) is 5.80. The molecule has 1 saturated carbocycles. The molecule has 6 nitrogen and oxygen atoms in total. The van der Waals surface area contributed by atoms with Gasteiger partial charge in [0.2, 0.25) is 5.76 Å². The Labute approximate surface area is 181 Å². The molecule has 2 atom stereocenters. The molecule has 0 unspecified atom stereocenters. The largest absolute Gasteiger partial charge is 0.489 e. The summed E-state index contributed by atoms with van der Waals surface area (Å²) >= 11 is 0. The zero-order valence-electron chi connectivity index (χ0n) is 17.6. The number of nitrogens with one attached hydrogen (secondary N) is 1. The van der Waals surface area contributed by atoms with Crippen molar-refractivity contribution in [2.45, 2.75) is 45.3 Å². The molecule has 3 aromatic rings. The second-order valence-corrected chi connectivity index (χ2v) is 8.02. The Balaban J connectivity index is 1.43. The highest BCUT2D eigenvalue weighted by Gasteiger charge is 2.25. The highest BCUT2D eigenvalue weighted by molar-refractivity contribution is 5.96. The average Bonchev–Trinajstić information content (AvgIpc) is 3.17. The molecule has 1 aliphatic rings. The molecular formula is C25H27NO5. The third-order valence-electron chi connectivity index (χ3n) is 5.80. The van der Waals surface area contributed by atoms with E-state index < -0.39 is 5.97 Å². The minimum atomic E-state index is -0.672. The van der Waals surface area contributed by atoms with Gasteiger partial charge in [-0.3, -0.25) is 4.79 Å². The van der Waals surface area contributed by atoms with Crippen molar-refractivity contribution in [3.8, 4) is 5.75 Å². The second kappa shape index (κ2) is 9.69. The molecule has 1 N–H and O–H groups in total. The van der Waals surface area contributed by atoms with Crippen LogP contribution in [-0.2, 0) is 16.1 Å². The molecule has 1 amide bonds. The van der Waals surface area contributed by atoms with Gasteiger partial charge in [0.05, 0.1) is 5.56 Å². The summed E-state index contributed by atoms with van der Waals surface area (Å²) in [5.41, 5.74) is 1.17. The van der Waals surface area contributed by atoms with Crippen LogP contribution in [0.15, 0.2) is 59.0 Å². The quantitative estimate of drug-likeness (QED) is 0.551. The molecule has 0 aliphatic heterocycles. The summed E-state index contributed by atoms with van der Waals surface area (Å²) in [5, 5.41) is 3.78. The minimum Gasteiger partial charge on any atom is -0.489 e. The van der Waals surface area contributed by atoms with Crippen LogP contribution in [0, 0.1) is 5.92 Å². The molecule has 4 rings (SSSR count). The number of benzene rings is 2. The van der Waals surface area contributed by atoms with E-state index in [9.17, 15) is 9.59 Å². The SMILES string of the molecule is C[C@@H]1CCCC[C@@H]1NC(=O)COC(=O)c1oc2ccccc2c1COc1ccccc1. The zero-order valence-corrected chi connectivity index (χ0v) is 17.6. The normalized spacial score (nSPS) is 18.5. The lowest BCUT2D eigenvalue weighted by Gasteiger charge is -2.29. The smallest absolute Gasteiger partial charge is 0.375 e. The molecule has 1 fully saturated rings. The van der Waals surface area contributed by atoms with Crippen molar-refractivity contribution in [3.05, 3.63) is 65.9 Å². The van der Waals surface area contributed by atoms with E-state index in [1.54, 1.807) is 6.07 Å². The van der Waals surface area contributed by atoms with Crippen LogP contribution in [-0.4, -0.2) is 24.5 Å². The van der Waals surface area contributed by atoms with Crippen molar-refractivity contribution in [1.82, 2.24) is 5.32 Å². The number of carbonyl (C=O) groups excluding carboxylic acids is 2. The first-order valence-corrected chi connectivity index (χ1v) is 10.8. The lowest BCUT2D eigenvalue weighted by atomic mass is 9.86. The van der Waals surface area contributed by atoms with Crippen LogP contribution in [0.5, 0.6) is 5.75 Å². The van der Waals surface area contributed by atoms with E-state index >= 15 is 0 Å². The van der Waals surface area contributed by atoms with Crippen molar-refractivity contribution in [2.75, 3.05) is 6.61 Å². The lowest BCUT2D eigenvalue weighted by Crippen LogP contribution is -2.42. The van der Waals surface area contributed by atoms with Crippen molar-refractivity contribution in [2.24, 2.45) is 5.92 Å². The number of carbonyl (C=O) groups is 2. The molecule has 1 heterocycles. The predicted molar refractivity (Wildman–Crippen MR) is 117 cm³/mol. The van der Waals surface area contributed by atoms with Crippen LogP contribution in [0.2, 0.25) is 0 Å². The van der Waals surface area contributed by atoms with Gasteiger partial charge in [-0.2, -0.15) is 0 Å². The van der Waals surface area contributed by atoms with E-state index in [1.165, 1.54) is 6.42 Å².